The fourth-order valence-corrected chi connectivity index (χ4v) is 0.643. The number of alkyl halides is 1. The molecule has 9 heavy (non-hydrogen) atoms. The van der Waals surface area contributed by atoms with Crippen molar-refractivity contribution < 1.29 is 13.9 Å². The van der Waals surface area contributed by atoms with Crippen molar-refractivity contribution in [3.8, 4) is 0 Å². The van der Waals surface area contributed by atoms with Crippen molar-refractivity contribution in [3.63, 3.8) is 0 Å². The van der Waals surface area contributed by atoms with Crippen LogP contribution in [-0.2, 0) is 9.53 Å². The second kappa shape index (κ2) is 1.97. The number of esters is 1. The highest BCUT2D eigenvalue weighted by atomic mass is 19.1. The van der Waals surface area contributed by atoms with E-state index < -0.39 is 11.6 Å². The van der Waals surface area contributed by atoms with Crippen LogP contribution in [0.4, 0.5) is 4.39 Å². The minimum atomic E-state index is -1.20. The number of carbonyl (C=O) groups excluding carboxylic acids is 1. The zero-order valence-electron chi connectivity index (χ0n) is 5.32. The van der Waals surface area contributed by atoms with Crippen molar-refractivity contribution in [2.45, 2.75) is 24.9 Å². The number of ether oxygens (including phenoxy) is 1. The van der Waals surface area contributed by atoms with Gasteiger partial charge in [0.15, 0.2) is 0 Å². The van der Waals surface area contributed by atoms with E-state index in [2.05, 4.69) is 4.74 Å². The number of hydrogen-bond donors (Lipinski definition) is 0. The fraction of sp³-hybridized carbons (Fsp3) is 0.833. The Bertz CT molecular complexity index is 129. The van der Waals surface area contributed by atoms with Gasteiger partial charge in [0, 0.05) is 0 Å². The normalized spacial score (nSPS) is 21.1. The zero-order chi connectivity index (χ0) is 6.91. The van der Waals surface area contributed by atoms with Gasteiger partial charge in [0.1, 0.15) is 5.67 Å². The van der Waals surface area contributed by atoms with Gasteiger partial charge in [0.25, 0.3) is 0 Å². The highest BCUT2D eigenvalue weighted by molar-refractivity contribution is 5.71. The number of rotatable bonds is 2. The molecule has 2 nitrogen and oxygen atoms in total. The second-order valence-electron chi connectivity index (χ2n) is 2.40. The molecule has 1 aliphatic carbocycles. The predicted molar refractivity (Wildman–Crippen MR) is 29.7 cm³/mol. The molecule has 1 saturated carbocycles. The molecule has 3 heteroatoms. The Morgan fingerprint density at radius 2 is 2.33 bits per heavy atom. The van der Waals surface area contributed by atoms with Crippen LogP contribution in [0, 0.1) is 0 Å². The van der Waals surface area contributed by atoms with E-state index in [0.717, 1.165) is 0 Å². The van der Waals surface area contributed by atoms with Crippen molar-refractivity contribution in [1.29, 1.82) is 0 Å². The van der Waals surface area contributed by atoms with E-state index in [1.807, 2.05) is 0 Å². The molecule has 0 N–H and O–H groups in total. The van der Waals surface area contributed by atoms with E-state index in [9.17, 15) is 9.18 Å². The molecule has 1 fully saturated rings. The number of methoxy groups -OCH3 is 1. The lowest BCUT2D eigenvalue weighted by Gasteiger charge is -2.00. The third-order valence-electron chi connectivity index (χ3n) is 1.48. The Morgan fingerprint density at radius 3 is 2.67 bits per heavy atom. The molecule has 0 aromatic heterocycles. The van der Waals surface area contributed by atoms with Crippen molar-refractivity contribution >= 4 is 5.97 Å². The van der Waals surface area contributed by atoms with Gasteiger partial charge in [-0.3, -0.25) is 4.79 Å². The van der Waals surface area contributed by atoms with E-state index in [1.165, 1.54) is 7.11 Å². The molecule has 0 unspecified atom stereocenters. The first-order valence-corrected chi connectivity index (χ1v) is 2.92. The third kappa shape index (κ3) is 1.66. The van der Waals surface area contributed by atoms with Gasteiger partial charge in [-0.2, -0.15) is 0 Å². The Balaban J connectivity index is 2.25. The number of halogens is 1. The quantitative estimate of drug-likeness (QED) is 0.525. The molecule has 0 spiro atoms. The minimum absolute atomic E-state index is 0.0660. The van der Waals surface area contributed by atoms with Crippen LogP contribution in [0.5, 0.6) is 0 Å². The summed E-state index contributed by atoms with van der Waals surface area (Å²) >= 11 is 0. The van der Waals surface area contributed by atoms with Crippen LogP contribution in [0.2, 0.25) is 0 Å². The lowest BCUT2D eigenvalue weighted by molar-refractivity contribution is -0.142. The van der Waals surface area contributed by atoms with Crippen LogP contribution in [-0.4, -0.2) is 18.7 Å². The van der Waals surface area contributed by atoms with Crippen molar-refractivity contribution in [2.75, 3.05) is 7.11 Å². The Hall–Kier alpha value is -0.600. The molecule has 1 rings (SSSR count). The SMILES string of the molecule is COC(=O)CC1(F)CC1. The number of carbonyl (C=O) groups is 1. The molecule has 52 valence electrons. The summed E-state index contributed by atoms with van der Waals surface area (Å²) in [5.74, 6) is -0.449. The van der Waals surface area contributed by atoms with Gasteiger partial charge in [-0.1, -0.05) is 0 Å². The summed E-state index contributed by atoms with van der Waals surface area (Å²) in [6.45, 7) is 0. The van der Waals surface area contributed by atoms with Crippen LogP contribution >= 0.6 is 0 Å². The Kier molecular flexibility index (Phi) is 1.43. The summed E-state index contributed by atoms with van der Waals surface area (Å²) < 4.78 is 16.9. The van der Waals surface area contributed by atoms with Crippen molar-refractivity contribution in [3.05, 3.63) is 0 Å². The molecule has 0 heterocycles. The Labute approximate surface area is 53.0 Å². The Morgan fingerprint density at radius 1 is 1.78 bits per heavy atom. The largest absolute Gasteiger partial charge is 0.469 e. The standard InChI is InChI=1S/C6H9FO2/c1-9-5(8)4-6(7)2-3-6/h2-4H2,1H3. The molecular weight excluding hydrogens is 123 g/mol. The van der Waals surface area contributed by atoms with Crippen LogP contribution < -0.4 is 0 Å². The monoisotopic (exact) mass is 132 g/mol. The molecule has 0 aromatic rings. The van der Waals surface area contributed by atoms with Gasteiger partial charge >= 0.3 is 5.97 Å². The van der Waals surface area contributed by atoms with Gasteiger partial charge < -0.3 is 4.74 Å². The van der Waals surface area contributed by atoms with E-state index in [4.69, 9.17) is 0 Å². The lowest BCUT2D eigenvalue weighted by atomic mass is 10.3. The molecular formula is C6H9FO2. The topological polar surface area (TPSA) is 26.3 Å². The fourth-order valence-electron chi connectivity index (χ4n) is 0.643. The first kappa shape index (κ1) is 6.52. The summed E-state index contributed by atoms with van der Waals surface area (Å²) in [7, 11) is 1.27. The summed E-state index contributed by atoms with van der Waals surface area (Å²) in [6, 6.07) is 0. The van der Waals surface area contributed by atoms with Gasteiger partial charge in [0.2, 0.25) is 0 Å². The second-order valence-corrected chi connectivity index (χ2v) is 2.40. The van der Waals surface area contributed by atoms with Crippen LogP contribution in [0.1, 0.15) is 19.3 Å². The van der Waals surface area contributed by atoms with E-state index in [-0.39, 0.29) is 6.42 Å². The summed E-state index contributed by atoms with van der Waals surface area (Å²) in [5, 5.41) is 0. The van der Waals surface area contributed by atoms with Gasteiger partial charge in [-0.05, 0) is 12.8 Å². The summed E-state index contributed by atoms with van der Waals surface area (Å²) in [5.41, 5.74) is -1.20. The molecule has 0 radical (unpaired) electrons. The molecule has 0 bridgehead atoms. The number of hydrogen-bond acceptors (Lipinski definition) is 2. The average Bonchev–Trinajstić information content (AvgIpc) is 2.48. The minimum Gasteiger partial charge on any atom is -0.469 e. The van der Waals surface area contributed by atoms with Crippen molar-refractivity contribution in [2.24, 2.45) is 0 Å². The summed E-state index contributed by atoms with van der Waals surface area (Å²) in [6.07, 6.45) is 0.966. The molecule has 0 aliphatic heterocycles. The highest BCUT2D eigenvalue weighted by Crippen LogP contribution is 2.42. The average molecular weight is 132 g/mol. The summed E-state index contributed by atoms with van der Waals surface area (Å²) in [4.78, 5) is 10.4. The van der Waals surface area contributed by atoms with Crippen LogP contribution in [0.15, 0.2) is 0 Å². The van der Waals surface area contributed by atoms with Gasteiger partial charge in [-0.15, -0.1) is 0 Å². The van der Waals surface area contributed by atoms with E-state index in [1.54, 1.807) is 0 Å². The maximum atomic E-state index is 12.6. The lowest BCUT2D eigenvalue weighted by Crippen LogP contribution is -2.10. The molecule has 0 saturated heterocycles. The molecule has 0 aromatic carbocycles. The maximum Gasteiger partial charge on any atom is 0.308 e. The van der Waals surface area contributed by atoms with Crippen molar-refractivity contribution in [1.82, 2.24) is 0 Å². The van der Waals surface area contributed by atoms with E-state index in [0.29, 0.717) is 12.8 Å². The first-order chi connectivity index (χ1) is 4.16. The smallest absolute Gasteiger partial charge is 0.308 e. The molecule has 0 amide bonds. The van der Waals surface area contributed by atoms with Gasteiger partial charge in [-0.25, -0.2) is 4.39 Å². The van der Waals surface area contributed by atoms with E-state index >= 15 is 0 Å². The van der Waals surface area contributed by atoms with Gasteiger partial charge in [0.05, 0.1) is 13.5 Å². The van der Waals surface area contributed by atoms with Crippen LogP contribution in [0.25, 0.3) is 0 Å². The highest BCUT2D eigenvalue weighted by Gasteiger charge is 2.45. The molecule has 1 aliphatic rings. The maximum absolute atomic E-state index is 12.6. The first-order valence-electron chi connectivity index (χ1n) is 2.92. The molecule has 0 atom stereocenters. The van der Waals surface area contributed by atoms with Crippen LogP contribution in [0.3, 0.4) is 0 Å². The zero-order valence-corrected chi connectivity index (χ0v) is 5.32. The predicted octanol–water partition coefficient (Wildman–Crippen LogP) is 1.05. The third-order valence-corrected chi connectivity index (χ3v) is 1.48.